The summed E-state index contributed by atoms with van der Waals surface area (Å²) in [7, 11) is -2.54. The Bertz CT molecular complexity index is 1360. The van der Waals surface area contributed by atoms with Crippen molar-refractivity contribution in [2.24, 2.45) is 0 Å². The van der Waals surface area contributed by atoms with Crippen molar-refractivity contribution in [1.82, 2.24) is 4.48 Å². The van der Waals surface area contributed by atoms with Gasteiger partial charge in [0.25, 0.3) is 0 Å². The normalized spacial score (nSPS) is 11.5. The van der Waals surface area contributed by atoms with Crippen molar-refractivity contribution in [1.29, 1.82) is 0 Å². The summed E-state index contributed by atoms with van der Waals surface area (Å²) in [6, 6.07) is 2.96. The molecule has 240 valence electrons. The first-order valence-electron chi connectivity index (χ1n) is 14.2. The molecule has 0 aliphatic rings. The van der Waals surface area contributed by atoms with Gasteiger partial charge in [-0.1, -0.05) is 40.0 Å². The van der Waals surface area contributed by atoms with Crippen LogP contribution < -0.4 is 18.4 Å². The van der Waals surface area contributed by atoms with Crippen molar-refractivity contribution >= 4 is 13.0 Å². The molecule has 0 aromatic heterocycles. The smallest absolute Gasteiger partial charge is 0.487 e. The Morgan fingerprint density at radius 2 is 0.886 bits per heavy atom. The van der Waals surface area contributed by atoms with Crippen LogP contribution in [-0.2, 0) is 0 Å². The van der Waals surface area contributed by atoms with E-state index >= 15 is 13.2 Å². The van der Waals surface area contributed by atoms with Crippen LogP contribution in [0.5, 0.6) is 17.2 Å². The zero-order valence-electron chi connectivity index (χ0n) is 24.4. The number of unbranched alkanes of at least 4 members (excludes halogenated alkanes) is 3. The molecule has 0 atom stereocenters. The van der Waals surface area contributed by atoms with Crippen LogP contribution in [-0.4, -0.2) is 27.0 Å². The molecule has 0 fully saturated rings. The fourth-order valence-corrected chi connectivity index (χ4v) is 4.66. The Morgan fingerprint density at radius 3 is 1.30 bits per heavy atom. The van der Waals surface area contributed by atoms with Gasteiger partial charge < -0.3 is 14.0 Å². The Morgan fingerprint density at radius 1 is 0.500 bits per heavy atom. The van der Waals surface area contributed by atoms with Gasteiger partial charge in [0.05, 0.1) is 19.6 Å². The third-order valence-electron chi connectivity index (χ3n) is 7.09. The number of hydrogen-bond donors (Lipinski definition) is 0. The van der Waals surface area contributed by atoms with E-state index in [-0.39, 0.29) is 10.2 Å². The molecule has 0 aliphatic carbocycles. The average molecular weight is 636 g/mol. The predicted molar refractivity (Wildman–Crippen MR) is 148 cm³/mol. The molecule has 3 rings (SSSR count). The van der Waals surface area contributed by atoms with Crippen molar-refractivity contribution in [3.63, 3.8) is 0 Å². The SMILES string of the molecule is CCCC[N+](CCCC)(CCCC)c1cc(OB(Oc2ccc(F)c(F)c2F)Oc2ccc(F)c(F)c2F)c(F)c(F)c1F. The molecule has 4 nitrogen and oxygen atoms in total. The lowest BCUT2D eigenvalue weighted by Gasteiger charge is -2.39. The van der Waals surface area contributed by atoms with E-state index < -0.39 is 76.9 Å². The summed E-state index contributed by atoms with van der Waals surface area (Å²) in [5.74, 6) is -19.4. The van der Waals surface area contributed by atoms with E-state index in [0.717, 1.165) is 25.3 Å². The van der Waals surface area contributed by atoms with Crippen molar-refractivity contribution in [3.05, 3.63) is 82.7 Å². The van der Waals surface area contributed by atoms with Crippen molar-refractivity contribution < 1.29 is 53.5 Å². The van der Waals surface area contributed by atoms with Gasteiger partial charge in [-0.05, 0) is 43.5 Å². The number of quaternary nitrogens is 1. The minimum Gasteiger partial charge on any atom is -0.487 e. The highest BCUT2D eigenvalue weighted by Crippen LogP contribution is 2.37. The monoisotopic (exact) mass is 636 g/mol. The first kappa shape index (κ1) is 34.9. The predicted octanol–water partition coefficient (Wildman–Crippen LogP) is 9.17. The van der Waals surface area contributed by atoms with Crippen molar-refractivity contribution in [2.45, 2.75) is 59.3 Å². The molecule has 0 aliphatic heterocycles. The number of halogens is 9. The van der Waals surface area contributed by atoms with Gasteiger partial charge in [-0.25, -0.2) is 22.0 Å². The number of rotatable bonds is 16. The quantitative estimate of drug-likeness (QED) is 0.0680. The maximum Gasteiger partial charge on any atom is 0.864 e. The Labute approximate surface area is 250 Å². The molecule has 0 saturated carbocycles. The molecule has 3 aromatic carbocycles. The molecule has 0 amide bonds. The highest BCUT2D eigenvalue weighted by Gasteiger charge is 2.40. The summed E-state index contributed by atoms with van der Waals surface area (Å²) < 4.78 is 145. The average Bonchev–Trinajstić information content (AvgIpc) is 3.01. The molecule has 0 saturated heterocycles. The lowest BCUT2D eigenvalue weighted by Crippen LogP contribution is -2.52. The van der Waals surface area contributed by atoms with Gasteiger partial charge in [-0.15, -0.1) is 0 Å². The van der Waals surface area contributed by atoms with E-state index in [1.807, 2.05) is 20.8 Å². The third-order valence-corrected chi connectivity index (χ3v) is 7.09. The van der Waals surface area contributed by atoms with Gasteiger partial charge >= 0.3 is 7.32 Å². The number of nitrogens with zero attached hydrogens (tertiary/aromatic N) is 1. The zero-order chi connectivity index (χ0) is 32.6. The summed E-state index contributed by atoms with van der Waals surface area (Å²) in [5.41, 5.74) is -0.258. The molecule has 44 heavy (non-hydrogen) atoms. The molecule has 0 radical (unpaired) electrons. The fourth-order valence-electron chi connectivity index (χ4n) is 4.66. The molecule has 3 aromatic rings. The van der Waals surface area contributed by atoms with Crippen LogP contribution >= 0.6 is 0 Å². The van der Waals surface area contributed by atoms with Crippen LogP contribution in [0.15, 0.2) is 30.3 Å². The summed E-state index contributed by atoms with van der Waals surface area (Å²) in [6.45, 7) is 6.85. The highest BCUT2D eigenvalue weighted by atomic mass is 19.2. The van der Waals surface area contributed by atoms with E-state index in [0.29, 0.717) is 63.2 Å². The summed E-state index contributed by atoms with van der Waals surface area (Å²) in [5, 5.41) is 0. The minimum absolute atomic E-state index is 0.0725. The largest absolute Gasteiger partial charge is 0.864 e. The molecule has 0 N–H and O–H groups in total. The maximum atomic E-state index is 15.5. The number of benzene rings is 3. The lowest BCUT2D eigenvalue weighted by atomic mass is 10.1. The third kappa shape index (κ3) is 7.75. The van der Waals surface area contributed by atoms with Crippen LogP contribution in [0.2, 0.25) is 0 Å². The van der Waals surface area contributed by atoms with Crippen LogP contribution in [0, 0.1) is 52.4 Å². The molecule has 14 heteroatoms. The zero-order valence-corrected chi connectivity index (χ0v) is 24.4. The van der Waals surface area contributed by atoms with Crippen LogP contribution in [0.3, 0.4) is 0 Å². The maximum absolute atomic E-state index is 15.5. The number of hydrogen-bond acceptors (Lipinski definition) is 3. The van der Waals surface area contributed by atoms with Gasteiger partial charge in [0, 0.05) is 6.07 Å². The van der Waals surface area contributed by atoms with Crippen molar-refractivity contribution in [2.75, 3.05) is 19.6 Å². The van der Waals surface area contributed by atoms with Crippen LogP contribution in [0.1, 0.15) is 59.3 Å². The van der Waals surface area contributed by atoms with E-state index in [9.17, 15) is 26.3 Å². The van der Waals surface area contributed by atoms with Gasteiger partial charge in [-0.3, -0.25) is 4.48 Å². The molecule has 0 spiro atoms. The van der Waals surface area contributed by atoms with Crippen LogP contribution in [0.25, 0.3) is 0 Å². The molecular weight excluding hydrogens is 604 g/mol. The second kappa shape index (κ2) is 15.4. The van der Waals surface area contributed by atoms with Gasteiger partial charge in [0.15, 0.2) is 34.7 Å². The molecule has 0 bridgehead atoms. The molecular formula is C30H32BF9NO3+. The first-order chi connectivity index (χ1) is 20.9. The van der Waals surface area contributed by atoms with E-state index in [1.165, 1.54) is 0 Å². The molecule has 0 unspecified atom stereocenters. The van der Waals surface area contributed by atoms with Gasteiger partial charge in [0.2, 0.25) is 29.1 Å². The minimum atomic E-state index is -2.54. The van der Waals surface area contributed by atoms with E-state index in [2.05, 4.69) is 0 Å². The van der Waals surface area contributed by atoms with Crippen molar-refractivity contribution in [3.8, 4) is 17.2 Å². The standard InChI is InChI=1S/C30H32BF9NO3/c1-4-7-14-41(15-8-5-2,16-9-6-3)20-17-23(29(39)30(40)26(20)36)44-31(42-21-12-10-18(32)24(34)27(21)37)43-22-13-11-19(33)25(35)28(22)38/h10-13,17H,4-9,14-16H2,1-3H3/q+1. The second-order valence-electron chi connectivity index (χ2n) is 10.2. The topological polar surface area (TPSA) is 27.7 Å². The van der Waals surface area contributed by atoms with E-state index in [1.54, 1.807) is 0 Å². The first-order valence-corrected chi connectivity index (χ1v) is 14.2. The highest BCUT2D eigenvalue weighted by molar-refractivity contribution is 6.39. The Kier molecular flexibility index (Phi) is 12.3. The second-order valence-corrected chi connectivity index (χ2v) is 10.2. The van der Waals surface area contributed by atoms with Gasteiger partial charge in [-0.2, -0.15) is 17.6 Å². The van der Waals surface area contributed by atoms with E-state index in [4.69, 9.17) is 14.0 Å². The summed E-state index contributed by atoms with van der Waals surface area (Å²) >= 11 is 0. The summed E-state index contributed by atoms with van der Waals surface area (Å²) in [6.07, 6.45) is 3.99. The summed E-state index contributed by atoms with van der Waals surface area (Å²) in [4.78, 5) is 0. The molecule has 0 heterocycles. The Hall–Kier alpha value is -3.55. The Balaban J connectivity index is 2.16. The fraction of sp³-hybridized carbons (Fsp3) is 0.400. The van der Waals surface area contributed by atoms with Crippen LogP contribution in [0.4, 0.5) is 45.2 Å². The lowest BCUT2D eigenvalue weighted by molar-refractivity contribution is 0.244. The van der Waals surface area contributed by atoms with Gasteiger partial charge in [0.1, 0.15) is 11.5 Å².